The van der Waals surface area contributed by atoms with Crippen molar-refractivity contribution in [3.05, 3.63) is 62.7 Å². The van der Waals surface area contributed by atoms with E-state index in [1.54, 1.807) is 6.07 Å². The molecular weight excluding hydrogens is 296 g/mol. The summed E-state index contributed by atoms with van der Waals surface area (Å²) in [7, 11) is 0. The number of benzene rings is 2. The third-order valence-corrected chi connectivity index (χ3v) is 3.00. The lowest BCUT2D eigenvalue weighted by Crippen LogP contribution is -1.96. The Kier molecular flexibility index (Phi) is 4.38. The maximum atomic E-state index is 11.0. The van der Waals surface area contributed by atoms with E-state index in [0.717, 1.165) is 0 Å². The summed E-state index contributed by atoms with van der Waals surface area (Å²) >= 11 is 5.93. The Hall–Kier alpha value is -2.62. The number of nitro groups is 1. The molecular formula is C14H9ClN2O4. The summed E-state index contributed by atoms with van der Waals surface area (Å²) in [6.07, 6.45) is 0. The zero-order valence-electron chi connectivity index (χ0n) is 10.6. The van der Waals surface area contributed by atoms with Gasteiger partial charge in [0.15, 0.2) is 0 Å². The van der Waals surface area contributed by atoms with Gasteiger partial charge in [-0.2, -0.15) is 5.26 Å². The minimum atomic E-state index is -0.616. The Morgan fingerprint density at radius 1 is 1.38 bits per heavy atom. The van der Waals surface area contributed by atoms with Gasteiger partial charge in [-0.15, -0.1) is 0 Å². The number of ether oxygens (including phenoxy) is 1. The van der Waals surface area contributed by atoms with Crippen LogP contribution in [0.2, 0.25) is 5.02 Å². The second-order valence-corrected chi connectivity index (χ2v) is 4.45. The fourth-order valence-electron chi connectivity index (χ4n) is 1.70. The van der Waals surface area contributed by atoms with Crippen molar-refractivity contribution in [2.75, 3.05) is 0 Å². The molecule has 0 aliphatic rings. The zero-order chi connectivity index (χ0) is 15.4. The van der Waals surface area contributed by atoms with Crippen molar-refractivity contribution in [3.63, 3.8) is 0 Å². The second-order valence-electron chi connectivity index (χ2n) is 4.05. The van der Waals surface area contributed by atoms with Gasteiger partial charge < -0.3 is 9.84 Å². The topological polar surface area (TPSA) is 96.4 Å². The average molecular weight is 305 g/mol. The van der Waals surface area contributed by atoms with Crippen molar-refractivity contribution in [1.29, 1.82) is 5.26 Å². The van der Waals surface area contributed by atoms with Crippen molar-refractivity contribution in [2.45, 2.75) is 6.61 Å². The van der Waals surface area contributed by atoms with Crippen molar-refractivity contribution in [1.82, 2.24) is 0 Å². The van der Waals surface area contributed by atoms with E-state index in [4.69, 9.17) is 26.7 Å². The maximum absolute atomic E-state index is 11.0. The van der Waals surface area contributed by atoms with E-state index in [0.29, 0.717) is 5.56 Å². The normalized spacial score (nSPS) is 9.95. The third-order valence-electron chi connectivity index (χ3n) is 2.70. The molecule has 0 heterocycles. The Labute approximate surface area is 124 Å². The first-order valence-electron chi connectivity index (χ1n) is 5.81. The molecule has 0 saturated carbocycles. The number of hydrogen-bond acceptors (Lipinski definition) is 5. The number of rotatable bonds is 4. The molecule has 2 aromatic rings. The van der Waals surface area contributed by atoms with E-state index in [2.05, 4.69) is 0 Å². The molecule has 0 fully saturated rings. The van der Waals surface area contributed by atoms with Crippen LogP contribution in [-0.2, 0) is 6.61 Å². The van der Waals surface area contributed by atoms with Crippen molar-refractivity contribution < 1.29 is 14.8 Å². The number of nitriles is 1. The van der Waals surface area contributed by atoms with Crippen molar-refractivity contribution >= 4 is 17.3 Å². The third kappa shape index (κ3) is 3.11. The number of nitrogens with zero attached hydrogens (tertiary/aromatic N) is 2. The van der Waals surface area contributed by atoms with Gasteiger partial charge >= 0.3 is 5.69 Å². The van der Waals surface area contributed by atoms with Gasteiger partial charge in [0, 0.05) is 6.07 Å². The summed E-state index contributed by atoms with van der Waals surface area (Å²) in [5.41, 5.74) is 0.390. The van der Waals surface area contributed by atoms with Crippen LogP contribution in [0.5, 0.6) is 11.5 Å². The molecule has 7 heteroatoms. The molecule has 0 aliphatic carbocycles. The van der Waals surface area contributed by atoms with Crippen LogP contribution < -0.4 is 4.74 Å². The number of hydrogen-bond donors (Lipinski definition) is 1. The molecule has 21 heavy (non-hydrogen) atoms. The predicted octanol–water partition coefficient (Wildman–Crippen LogP) is 3.40. The number of halogens is 1. The minimum absolute atomic E-state index is 0.0688. The van der Waals surface area contributed by atoms with Crippen LogP contribution in [-0.4, -0.2) is 10.0 Å². The van der Waals surface area contributed by atoms with E-state index in [9.17, 15) is 10.1 Å². The highest BCUT2D eigenvalue weighted by molar-refractivity contribution is 6.32. The van der Waals surface area contributed by atoms with Crippen LogP contribution in [0.25, 0.3) is 0 Å². The molecule has 6 nitrogen and oxygen atoms in total. The van der Waals surface area contributed by atoms with Crippen molar-refractivity contribution in [3.8, 4) is 17.6 Å². The van der Waals surface area contributed by atoms with Gasteiger partial charge in [-0.25, -0.2) is 0 Å². The molecule has 0 aliphatic heterocycles. The van der Waals surface area contributed by atoms with Gasteiger partial charge in [-0.05, 0) is 23.8 Å². The standard InChI is InChI=1S/C14H9ClN2O4/c15-11-2-1-3-12(17(19)20)14(11)21-13-5-4-9(8-18)6-10(13)7-16/h1-6,18H,8H2. The van der Waals surface area contributed by atoms with Gasteiger partial charge in [-0.3, -0.25) is 10.1 Å². The van der Waals surface area contributed by atoms with E-state index >= 15 is 0 Å². The fourth-order valence-corrected chi connectivity index (χ4v) is 1.91. The van der Waals surface area contributed by atoms with E-state index < -0.39 is 4.92 Å². The van der Waals surface area contributed by atoms with Gasteiger partial charge in [0.25, 0.3) is 0 Å². The van der Waals surface area contributed by atoms with E-state index in [1.165, 1.54) is 30.3 Å². The van der Waals surface area contributed by atoms with Crippen LogP contribution in [0.1, 0.15) is 11.1 Å². The Morgan fingerprint density at radius 2 is 2.14 bits per heavy atom. The smallest absolute Gasteiger partial charge is 0.313 e. The number of aliphatic hydroxyl groups is 1. The van der Waals surface area contributed by atoms with Crippen LogP contribution in [0.15, 0.2) is 36.4 Å². The summed E-state index contributed by atoms with van der Waals surface area (Å²) in [4.78, 5) is 10.4. The Balaban J connectivity index is 2.48. The summed E-state index contributed by atoms with van der Waals surface area (Å²) in [6.45, 7) is -0.221. The lowest BCUT2D eigenvalue weighted by Gasteiger charge is -2.10. The predicted molar refractivity (Wildman–Crippen MR) is 75.3 cm³/mol. The van der Waals surface area contributed by atoms with Crippen LogP contribution in [0, 0.1) is 21.4 Å². The molecule has 0 saturated heterocycles. The molecule has 1 N–H and O–H groups in total. The summed E-state index contributed by atoms with van der Waals surface area (Å²) in [5, 5.41) is 29.2. The number of aliphatic hydroxyl groups excluding tert-OH is 1. The monoisotopic (exact) mass is 304 g/mol. The second kappa shape index (κ2) is 6.22. The van der Waals surface area contributed by atoms with Crippen LogP contribution in [0.4, 0.5) is 5.69 Å². The Morgan fingerprint density at radius 3 is 2.76 bits per heavy atom. The summed E-state index contributed by atoms with van der Waals surface area (Å²) in [5.74, 6) is 0.00307. The van der Waals surface area contributed by atoms with E-state index in [-0.39, 0.29) is 34.4 Å². The fraction of sp³-hybridized carbons (Fsp3) is 0.0714. The lowest BCUT2D eigenvalue weighted by atomic mass is 10.1. The van der Waals surface area contributed by atoms with Gasteiger partial charge in [0.1, 0.15) is 11.8 Å². The molecule has 0 amide bonds. The van der Waals surface area contributed by atoms with Crippen LogP contribution in [0.3, 0.4) is 0 Å². The quantitative estimate of drug-likeness (QED) is 0.689. The summed E-state index contributed by atoms with van der Waals surface area (Å²) < 4.78 is 5.45. The first-order valence-corrected chi connectivity index (χ1v) is 6.19. The molecule has 106 valence electrons. The largest absolute Gasteiger partial charge is 0.447 e. The zero-order valence-corrected chi connectivity index (χ0v) is 11.4. The Bertz CT molecular complexity index is 740. The molecule has 0 unspecified atom stereocenters. The maximum Gasteiger partial charge on any atom is 0.313 e. The molecule has 0 aromatic heterocycles. The molecule has 2 rings (SSSR count). The first-order chi connectivity index (χ1) is 10.1. The number of nitro benzene ring substituents is 1. The van der Waals surface area contributed by atoms with E-state index in [1.807, 2.05) is 6.07 Å². The molecule has 0 radical (unpaired) electrons. The lowest BCUT2D eigenvalue weighted by molar-refractivity contribution is -0.385. The van der Waals surface area contributed by atoms with Gasteiger partial charge in [0.05, 0.1) is 22.1 Å². The van der Waals surface area contributed by atoms with Gasteiger partial charge in [-0.1, -0.05) is 23.7 Å². The molecule has 0 bridgehead atoms. The van der Waals surface area contributed by atoms with Crippen LogP contribution >= 0.6 is 11.6 Å². The SMILES string of the molecule is N#Cc1cc(CO)ccc1Oc1c(Cl)cccc1[N+](=O)[O-]. The highest BCUT2D eigenvalue weighted by Gasteiger charge is 2.20. The molecule has 0 spiro atoms. The summed E-state index contributed by atoms with van der Waals surface area (Å²) in [6, 6.07) is 10.5. The number of para-hydroxylation sites is 1. The highest BCUT2D eigenvalue weighted by Crippen LogP contribution is 2.38. The van der Waals surface area contributed by atoms with Gasteiger partial charge in [0.2, 0.25) is 5.75 Å². The molecule has 0 atom stereocenters. The van der Waals surface area contributed by atoms with Crippen molar-refractivity contribution in [2.24, 2.45) is 0 Å². The minimum Gasteiger partial charge on any atom is -0.447 e. The molecule has 2 aromatic carbocycles. The average Bonchev–Trinajstić information content (AvgIpc) is 2.49. The first kappa shape index (κ1) is 14.8. The highest BCUT2D eigenvalue weighted by atomic mass is 35.5.